The van der Waals surface area contributed by atoms with Gasteiger partial charge >= 0.3 is 0 Å². The van der Waals surface area contributed by atoms with Gasteiger partial charge in [-0.1, -0.05) is 83.9 Å². The fraction of sp³-hybridized carbons (Fsp3) is 0.208. The van der Waals surface area contributed by atoms with Crippen molar-refractivity contribution in [3.8, 4) is 0 Å². The summed E-state index contributed by atoms with van der Waals surface area (Å²) in [6, 6.07) is 22.9. The molecule has 0 aliphatic rings. The van der Waals surface area contributed by atoms with Crippen LogP contribution < -0.4 is 5.32 Å². The minimum absolute atomic E-state index is 0.0529. The molecule has 0 heterocycles. The maximum Gasteiger partial charge on any atom is 0.245 e. The van der Waals surface area contributed by atoms with E-state index in [0.29, 0.717) is 6.42 Å². The molecule has 0 bridgehead atoms. The van der Waals surface area contributed by atoms with Gasteiger partial charge in [0.15, 0.2) is 0 Å². The summed E-state index contributed by atoms with van der Waals surface area (Å²) < 4.78 is 28.0. The van der Waals surface area contributed by atoms with Crippen molar-refractivity contribution in [1.29, 1.82) is 0 Å². The summed E-state index contributed by atoms with van der Waals surface area (Å²) in [5.41, 5.74) is 1.89. The average Bonchev–Trinajstić information content (AvgIpc) is 2.79. The van der Waals surface area contributed by atoms with Gasteiger partial charge in [0.2, 0.25) is 15.9 Å². The Hall–Kier alpha value is -2.38. The maximum absolute atomic E-state index is 13.4. The Kier molecular flexibility index (Phi) is 8.32. The molecule has 32 heavy (non-hydrogen) atoms. The zero-order chi connectivity index (χ0) is 23.1. The Labute approximate surface area is 199 Å². The van der Waals surface area contributed by atoms with Gasteiger partial charge in [0, 0.05) is 11.6 Å². The molecule has 0 fully saturated rings. The van der Waals surface area contributed by atoms with Crippen LogP contribution in [0, 0.1) is 0 Å². The van der Waals surface area contributed by atoms with Crippen LogP contribution in [0.15, 0.2) is 83.8 Å². The summed E-state index contributed by atoms with van der Waals surface area (Å²) in [4.78, 5) is 12.7. The standard InChI is InChI=1S/C24H24Cl2N2O3S/c1-18(20-10-6-3-7-11-20)27-24(29)17-28(15-14-19-8-4-2-5-9-19)32(30,31)23-16-21(25)12-13-22(23)26/h2-13,16,18H,14-15,17H2,1H3,(H,27,29)/t18-/m0/s1. The predicted molar refractivity (Wildman–Crippen MR) is 128 cm³/mol. The van der Waals surface area contributed by atoms with Crippen molar-refractivity contribution in [2.24, 2.45) is 0 Å². The Morgan fingerprint density at radius 3 is 2.25 bits per heavy atom. The number of carbonyl (C=O) groups is 1. The van der Waals surface area contributed by atoms with Crippen molar-refractivity contribution < 1.29 is 13.2 Å². The number of hydrogen-bond donors (Lipinski definition) is 1. The quantitative estimate of drug-likeness (QED) is 0.453. The third kappa shape index (κ3) is 6.33. The molecule has 0 saturated carbocycles. The number of benzene rings is 3. The van der Waals surface area contributed by atoms with Gasteiger partial charge in [-0.3, -0.25) is 4.79 Å². The molecule has 1 N–H and O–H groups in total. The van der Waals surface area contributed by atoms with E-state index in [-0.39, 0.29) is 34.1 Å². The van der Waals surface area contributed by atoms with E-state index >= 15 is 0 Å². The van der Waals surface area contributed by atoms with E-state index in [1.54, 1.807) is 0 Å². The lowest BCUT2D eigenvalue weighted by molar-refractivity contribution is -0.121. The minimum Gasteiger partial charge on any atom is -0.348 e. The Morgan fingerprint density at radius 1 is 0.969 bits per heavy atom. The van der Waals surface area contributed by atoms with Crippen LogP contribution in [-0.4, -0.2) is 31.7 Å². The van der Waals surface area contributed by atoms with Crippen molar-refractivity contribution in [1.82, 2.24) is 9.62 Å². The normalized spacial score (nSPS) is 12.5. The van der Waals surface area contributed by atoms with Crippen molar-refractivity contribution in [2.45, 2.75) is 24.3 Å². The number of nitrogens with one attached hydrogen (secondary N) is 1. The van der Waals surface area contributed by atoms with Gasteiger partial charge < -0.3 is 5.32 Å². The molecule has 1 atom stereocenters. The molecular weight excluding hydrogens is 467 g/mol. The first-order chi connectivity index (χ1) is 15.3. The summed E-state index contributed by atoms with van der Waals surface area (Å²) in [5.74, 6) is -0.406. The third-order valence-electron chi connectivity index (χ3n) is 5.00. The number of nitrogens with zero attached hydrogens (tertiary/aromatic N) is 1. The van der Waals surface area contributed by atoms with Crippen LogP contribution in [0.5, 0.6) is 0 Å². The molecule has 0 aromatic heterocycles. The Balaban J connectivity index is 1.83. The average molecular weight is 491 g/mol. The molecule has 5 nitrogen and oxygen atoms in total. The lowest BCUT2D eigenvalue weighted by Crippen LogP contribution is -2.42. The highest BCUT2D eigenvalue weighted by atomic mass is 35.5. The number of halogens is 2. The van der Waals surface area contributed by atoms with Crippen LogP contribution in [0.1, 0.15) is 24.1 Å². The first-order valence-electron chi connectivity index (χ1n) is 10.1. The summed E-state index contributed by atoms with van der Waals surface area (Å²) in [6.45, 7) is 1.63. The van der Waals surface area contributed by atoms with Crippen molar-refractivity contribution in [2.75, 3.05) is 13.1 Å². The largest absolute Gasteiger partial charge is 0.348 e. The highest BCUT2D eigenvalue weighted by Gasteiger charge is 2.29. The second kappa shape index (κ2) is 11.0. The van der Waals surface area contributed by atoms with Gasteiger partial charge in [-0.15, -0.1) is 0 Å². The lowest BCUT2D eigenvalue weighted by Gasteiger charge is -2.24. The van der Waals surface area contributed by atoms with Crippen LogP contribution in [-0.2, 0) is 21.2 Å². The lowest BCUT2D eigenvalue weighted by atomic mass is 10.1. The molecule has 8 heteroatoms. The molecule has 0 aliphatic carbocycles. The third-order valence-corrected chi connectivity index (χ3v) is 7.56. The van der Waals surface area contributed by atoms with E-state index in [1.165, 1.54) is 18.2 Å². The number of sulfonamides is 1. The molecule has 3 rings (SSSR count). The van der Waals surface area contributed by atoms with Gasteiger partial charge in [0.1, 0.15) is 4.90 Å². The fourth-order valence-corrected chi connectivity index (χ4v) is 5.40. The Bertz CT molecular complexity index is 1160. The molecule has 0 aliphatic heterocycles. The van der Waals surface area contributed by atoms with Crippen LogP contribution >= 0.6 is 23.2 Å². The second-order valence-electron chi connectivity index (χ2n) is 7.35. The molecule has 1 amide bonds. The van der Waals surface area contributed by atoms with E-state index in [2.05, 4.69) is 5.32 Å². The topological polar surface area (TPSA) is 66.5 Å². The minimum atomic E-state index is -4.06. The summed E-state index contributed by atoms with van der Waals surface area (Å²) >= 11 is 12.2. The van der Waals surface area contributed by atoms with E-state index in [1.807, 2.05) is 67.6 Å². The number of hydrogen-bond acceptors (Lipinski definition) is 3. The van der Waals surface area contributed by atoms with Crippen LogP contribution in [0.25, 0.3) is 0 Å². The van der Waals surface area contributed by atoms with E-state index < -0.39 is 15.9 Å². The van der Waals surface area contributed by atoms with Crippen molar-refractivity contribution in [3.05, 3.63) is 100 Å². The zero-order valence-corrected chi connectivity index (χ0v) is 19.9. The summed E-state index contributed by atoms with van der Waals surface area (Å²) in [7, 11) is -4.06. The van der Waals surface area contributed by atoms with Crippen molar-refractivity contribution >= 4 is 39.1 Å². The first kappa shape index (κ1) is 24.3. The molecular formula is C24H24Cl2N2O3S. The first-order valence-corrected chi connectivity index (χ1v) is 12.3. The molecule has 0 spiro atoms. The van der Waals surface area contributed by atoms with E-state index in [9.17, 15) is 13.2 Å². The zero-order valence-electron chi connectivity index (χ0n) is 17.5. The maximum atomic E-state index is 13.4. The number of carbonyl (C=O) groups excluding carboxylic acids is 1. The van der Waals surface area contributed by atoms with Gasteiger partial charge in [-0.25, -0.2) is 8.42 Å². The molecule has 3 aromatic rings. The monoisotopic (exact) mass is 490 g/mol. The highest BCUT2D eigenvalue weighted by molar-refractivity contribution is 7.89. The predicted octanol–water partition coefficient (Wildman–Crippen LogP) is 5.10. The molecule has 3 aromatic carbocycles. The second-order valence-corrected chi connectivity index (χ2v) is 10.1. The molecule has 0 saturated heterocycles. The van der Waals surface area contributed by atoms with Gasteiger partial charge in [-0.05, 0) is 42.7 Å². The summed E-state index contributed by atoms with van der Waals surface area (Å²) in [5, 5.41) is 3.17. The van der Waals surface area contributed by atoms with E-state index in [0.717, 1.165) is 15.4 Å². The van der Waals surface area contributed by atoms with Crippen molar-refractivity contribution in [3.63, 3.8) is 0 Å². The summed E-state index contributed by atoms with van der Waals surface area (Å²) in [6.07, 6.45) is 0.444. The smallest absolute Gasteiger partial charge is 0.245 e. The molecule has 168 valence electrons. The van der Waals surface area contributed by atoms with E-state index in [4.69, 9.17) is 23.2 Å². The fourth-order valence-electron chi connectivity index (χ4n) is 3.27. The van der Waals surface area contributed by atoms with Gasteiger partial charge in [0.25, 0.3) is 0 Å². The number of rotatable bonds is 9. The number of amides is 1. The van der Waals surface area contributed by atoms with Gasteiger partial charge in [-0.2, -0.15) is 4.31 Å². The van der Waals surface area contributed by atoms with Crippen LogP contribution in [0.2, 0.25) is 10.0 Å². The molecule has 0 unspecified atom stereocenters. The van der Waals surface area contributed by atoms with Crippen LogP contribution in [0.4, 0.5) is 0 Å². The van der Waals surface area contributed by atoms with Crippen LogP contribution in [0.3, 0.4) is 0 Å². The van der Waals surface area contributed by atoms with Gasteiger partial charge in [0.05, 0.1) is 17.6 Å². The molecule has 0 radical (unpaired) electrons. The Morgan fingerprint density at radius 2 is 1.59 bits per heavy atom. The highest BCUT2D eigenvalue weighted by Crippen LogP contribution is 2.28. The SMILES string of the molecule is C[C@H](NC(=O)CN(CCc1ccccc1)S(=O)(=O)c1cc(Cl)ccc1Cl)c1ccccc1.